The van der Waals surface area contributed by atoms with E-state index >= 15 is 0 Å². The summed E-state index contributed by atoms with van der Waals surface area (Å²) in [6.45, 7) is 1.86. The Bertz CT molecular complexity index is 724. The molecule has 2 rings (SSSR count). The van der Waals surface area contributed by atoms with Gasteiger partial charge in [0.05, 0.1) is 25.7 Å². The molecule has 1 N–H and O–H groups in total. The topological polar surface area (TPSA) is 81.7 Å². The van der Waals surface area contributed by atoms with Gasteiger partial charge >= 0.3 is 0 Å². The minimum Gasteiger partial charge on any atom is -0.493 e. The van der Waals surface area contributed by atoms with Crippen molar-refractivity contribution in [3.63, 3.8) is 0 Å². The fourth-order valence-corrected chi connectivity index (χ4v) is 4.28. The van der Waals surface area contributed by atoms with E-state index in [2.05, 4.69) is 5.32 Å². The van der Waals surface area contributed by atoms with Crippen LogP contribution < -0.4 is 14.8 Å². The summed E-state index contributed by atoms with van der Waals surface area (Å²) >= 11 is 0. The van der Waals surface area contributed by atoms with Gasteiger partial charge in [-0.05, 0) is 25.5 Å². The van der Waals surface area contributed by atoms with Gasteiger partial charge in [-0.2, -0.15) is 0 Å². The van der Waals surface area contributed by atoms with Gasteiger partial charge < -0.3 is 14.8 Å². The van der Waals surface area contributed by atoms with E-state index in [-0.39, 0.29) is 23.5 Å². The Morgan fingerprint density at radius 1 is 1.30 bits per heavy atom. The van der Waals surface area contributed by atoms with Crippen LogP contribution in [-0.4, -0.2) is 46.1 Å². The number of hydrogen-bond acceptors (Lipinski definition) is 5. The van der Waals surface area contributed by atoms with Crippen molar-refractivity contribution in [2.75, 3.05) is 25.7 Å². The van der Waals surface area contributed by atoms with Crippen molar-refractivity contribution < 1.29 is 22.7 Å². The van der Waals surface area contributed by atoms with Gasteiger partial charge in [-0.1, -0.05) is 12.2 Å². The second kappa shape index (κ2) is 7.04. The SMILES string of the molecule is CC=Cc1cc(C(=O)NC2CCS(=O)(=O)C2)cc(OC)c1OC. The predicted molar refractivity (Wildman–Crippen MR) is 88.8 cm³/mol. The summed E-state index contributed by atoms with van der Waals surface area (Å²) in [4.78, 5) is 12.4. The number of nitrogens with one attached hydrogen (secondary N) is 1. The van der Waals surface area contributed by atoms with E-state index in [1.165, 1.54) is 14.2 Å². The van der Waals surface area contributed by atoms with E-state index < -0.39 is 9.84 Å². The van der Waals surface area contributed by atoms with Crippen molar-refractivity contribution in [3.8, 4) is 11.5 Å². The molecule has 1 aromatic rings. The Hall–Kier alpha value is -2.02. The predicted octanol–water partition coefficient (Wildman–Crippen LogP) is 1.65. The van der Waals surface area contributed by atoms with Gasteiger partial charge in [0.2, 0.25) is 0 Å². The summed E-state index contributed by atoms with van der Waals surface area (Å²) < 4.78 is 33.6. The molecule has 0 radical (unpaired) electrons. The molecule has 1 unspecified atom stereocenters. The number of carbonyl (C=O) groups is 1. The number of hydrogen-bond donors (Lipinski definition) is 1. The molecule has 1 amide bonds. The molecule has 0 saturated carbocycles. The van der Waals surface area contributed by atoms with Gasteiger partial charge in [-0.3, -0.25) is 4.79 Å². The van der Waals surface area contributed by atoms with Gasteiger partial charge in [-0.25, -0.2) is 8.42 Å². The summed E-state index contributed by atoms with van der Waals surface area (Å²) in [5.74, 6) is 0.790. The molecule has 1 aliphatic heterocycles. The van der Waals surface area contributed by atoms with E-state index in [1.807, 2.05) is 19.1 Å². The van der Waals surface area contributed by atoms with Gasteiger partial charge in [0.25, 0.3) is 5.91 Å². The van der Waals surface area contributed by atoms with Crippen molar-refractivity contribution in [3.05, 3.63) is 29.3 Å². The standard InChI is InChI=1S/C16H21NO5S/c1-4-5-11-8-12(9-14(21-2)15(11)22-3)16(18)17-13-6-7-23(19,20)10-13/h4-5,8-9,13H,6-7,10H2,1-3H3,(H,17,18). The van der Waals surface area contributed by atoms with Gasteiger partial charge in [0, 0.05) is 17.2 Å². The first-order chi connectivity index (χ1) is 10.9. The highest BCUT2D eigenvalue weighted by atomic mass is 32.2. The minimum absolute atomic E-state index is 0.00620. The van der Waals surface area contributed by atoms with E-state index in [9.17, 15) is 13.2 Å². The summed E-state index contributed by atoms with van der Waals surface area (Å²) in [5.41, 5.74) is 1.12. The zero-order valence-electron chi connectivity index (χ0n) is 13.5. The highest BCUT2D eigenvalue weighted by molar-refractivity contribution is 7.91. The number of methoxy groups -OCH3 is 2. The van der Waals surface area contributed by atoms with Gasteiger partial charge in [-0.15, -0.1) is 0 Å². The smallest absolute Gasteiger partial charge is 0.251 e. The quantitative estimate of drug-likeness (QED) is 0.882. The molecule has 1 atom stereocenters. The van der Waals surface area contributed by atoms with Crippen LogP contribution in [0.4, 0.5) is 0 Å². The van der Waals surface area contributed by atoms with Gasteiger partial charge in [0.15, 0.2) is 21.3 Å². The van der Waals surface area contributed by atoms with Crippen LogP contribution in [0.15, 0.2) is 18.2 Å². The number of ether oxygens (including phenoxy) is 2. The Balaban J connectivity index is 2.28. The molecule has 0 aromatic heterocycles. The maximum Gasteiger partial charge on any atom is 0.251 e. The second-order valence-electron chi connectivity index (χ2n) is 5.37. The fraction of sp³-hybridized carbons (Fsp3) is 0.438. The molecule has 1 heterocycles. The van der Waals surface area contributed by atoms with Crippen molar-refractivity contribution >= 4 is 21.8 Å². The monoisotopic (exact) mass is 339 g/mol. The lowest BCUT2D eigenvalue weighted by molar-refractivity contribution is 0.0940. The van der Waals surface area contributed by atoms with Crippen molar-refractivity contribution in [2.24, 2.45) is 0 Å². The van der Waals surface area contributed by atoms with Crippen LogP contribution in [0.5, 0.6) is 11.5 Å². The minimum atomic E-state index is -3.03. The van der Waals surface area contributed by atoms with E-state index in [0.717, 1.165) is 5.56 Å². The Kier molecular flexibility index (Phi) is 5.30. The molecule has 1 fully saturated rings. The third kappa shape index (κ3) is 4.04. The number of benzene rings is 1. The summed E-state index contributed by atoms with van der Waals surface area (Å²) in [6, 6.07) is 2.94. The van der Waals surface area contributed by atoms with E-state index in [0.29, 0.717) is 23.5 Å². The van der Waals surface area contributed by atoms with Crippen LogP contribution in [0.2, 0.25) is 0 Å². The molecule has 0 bridgehead atoms. The Labute approximate surface area is 136 Å². The van der Waals surface area contributed by atoms with Crippen LogP contribution in [-0.2, 0) is 9.84 Å². The molecular weight excluding hydrogens is 318 g/mol. The van der Waals surface area contributed by atoms with Crippen LogP contribution in [0.1, 0.15) is 29.3 Å². The molecular formula is C16H21NO5S. The lowest BCUT2D eigenvalue weighted by atomic mass is 10.1. The fourth-order valence-electron chi connectivity index (χ4n) is 2.61. The molecule has 1 aliphatic rings. The second-order valence-corrected chi connectivity index (χ2v) is 7.60. The normalized spacial score (nSPS) is 19.7. The molecule has 1 saturated heterocycles. The van der Waals surface area contributed by atoms with Crippen molar-refractivity contribution in [1.82, 2.24) is 5.32 Å². The first-order valence-electron chi connectivity index (χ1n) is 7.30. The molecule has 1 aromatic carbocycles. The molecule has 126 valence electrons. The maximum absolute atomic E-state index is 12.4. The highest BCUT2D eigenvalue weighted by Crippen LogP contribution is 2.33. The molecule has 6 nitrogen and oxygen atoms in total. The Morgan fingerprint density at radius 3 is 2.57 bits per heavy atom. The first-order valence-corrected chi connectivity index (χ1v) is 9.12. The Morgan fingerprint density at radius 2 is 2.04 bits per heavy atom. The number of sulfone groups is 1. The number of rotatable bonds is 5. The number of allylic oxidation sites excluding steroid dienone is 1. The lowest BCUT2D eigenvalue weighted by Gasteiger charge is -2.15. The van der Waals surface area contributed by atoms with Crippen LogP contribution in [0, 0.1) is 0 Å². The summed E-state index contributed by atoms with van der Waals surface area (Å²) in [6.07, 6.45) is 4.10. The van der Waals surface area contributed by atoms with E-state index in [1.54, 1.807) is 12.1 Å². The average Bonchev–Trinajstić information content (AvgIpc) is 2.85. The summed E-state index contributed by atoms with van der Waals surface area (Å²) in [5, 5.41) is 2.77. The zero-order valence-corrected chi connectivity index (χ0v) is 14.3. The highest BCUT2D eigenvalue weighted by Gasteiger charge is 2.29. The van der Waals surface area contributed by atoms with Crippen LogP contribution in [0.25, 0.3) is 6.08 Å². The van der Waals surface area contributed by atoms with Gasteiger partial charge in [0.1, 0.15) is 0 Å². The molecule has 0 spiro atoms. The first kappa shape index (κ1) is 17.3. The largest absolute Gasteiger partial charge is 0.493 e. The zero-order chi connectivity index (χ0) is 17.0. The van der Waals surface area contributed by atoms with Crippen molar-refractivity contribution in [2.45, 2.75) is 19.4 Å². The average molecular weight is 339 g/mol. The molecule has 0 aliphatic carbocycles. The molecule has 23 heavy (non-hydrogen) atoms. The van der Waals surface area contributed by atoms with Crippen LogP contribution in [0.3, 0.4) is 0 Å². The maximum atomic E-state index is 12.4. The van der Waals surface area contributed by atoms with Crippen LogP contribution >= 0.6 is 0 Å². The summed E-state index contributed by atoms with van der Waals surface area (Å²) in [7, 11) is 0.00406. The van der Waals surface area contributed by atoms with E-state index in [4.69, 9.17) is 9.47 Å². The lowest BCUT2D eigenvalue weighted by Crippen LogP contribution is -2.35. The molecule has 7 heteroatoms. The number of carbonyl (C=O) groups excluding carboxylic acids is 1. The van der Waals surface area contributed by atoms with Crippen molar-refractivity contribution in [1.29, 1.82) is 0 Å². The number of amides is 1. The third-order valence-electron chi connectivity index (χ3n) is 3.68. The third-order valence-corrected chi connectivity index (χ3v) is 5.45.